The van der Waals surface area contributed by atoms with Crippen molar-refractivity contribution in [2.24, 2.45) is 5.92 Å². The van der Waals surface area contributed by atoms with Gasteiger partial charge in [-0.25, -0.2) is 12.8 Å². The van der Waals surface area contributed by atoms with Gasteiger partial charge in [-0.1, -0.05) is 13.8 Å². The fraction of sp³-hybridized carbons (Fsp3) is 0.455. The SMILES string of the molecule is CC(C)CCOc1ccc(S(=O)(=O)Cl)c(F)c1F. The van der Waals surface area contributed by atoms with Crippen molar-refractivity contribution in [1.82, 2.24) is 0 Å². The summed E-state index contributed by atoms with van der Waals surface area (Å²) < 4.78 is 53.8. The third-order valence-electron chi connectivity index (χ3n) is 2.23. The number of hydrogen-bond acceptors (Lipinski definition) is 3. The van der Waals surface area contributed by atoms with Crippen LogP contribution >= 0.6 is 10.7 Å². The Morgan fingerprint density at radius 2 is 1.89 bits per heavy atom. The van der Waals surface area contributed by atoms with E-state index in [0.29, 0.717) is 12.3 Å². The summed E-state index contributed by atoms with van der Waals surface area (Å²) in [4.78, 5) is -0.891. The smallest absolute Gasteiger partial charge is 0.264 e. The Labute approximate surface area is 109 Å². The average molecular weight is 299 g/mol. The van der Waals surface area contributed by atoms with Crippen molar-refractivity contribution in [3.63, 3.8) is 0 Å². The summed E-state index contributed by atoms with van der Waals surface area (Å²) in [5, 5.41) is 0. The molecular weight excluding hydrogens is 286 g/mol. The summed E-state index contributed by atoms with van der Waals surface area (Å²) in [5.41, 5.74) is 0. The zero-order valence-corrected chi connectivity index (χ0v) is 11.5. The number of ether oxygens (including phenoxy) is 1. The van der Waals surface area contributed by atoms with Gasteiger partial charge in [0.2, 0.25) is 5.82 Å². The molecule has 18 heavy (non-hydrogen) atoms. The quantitative estimate of drug-likeness (QED) is 0.783. The largest absolute Gasteiger partial charge is 0.490 e. The molecule has 0 aliphatic rings. The molecule has 0 N–H and O–H groups in total. The fourth-order valence-corrected chi connectivity index (χ4v) is 2.11. The fourth-order valence-electron chi connectivity index (χ4n) is 1.22. The Balaban J connectivity index is 2.95. The van der Waals surface area contributed by atoms with E-state index >= 15 is 0 Å². The minimum Gasteiger partial charge on any atom is -0.490 e. The lowest BCUT2D eigenvalue weighted by atomic mass is 10.1. The standard InChI is InChI=1S/C11H13ClF2O3S/c1-7(2)5-6-17-8-3-4-9(18(12,15)16)11(14)10(8)13/h3-4,7H,5-6H2,1-2H3. The lowest BCUT2D eigenvalue weighted by molar-refractivity contribution is 0.271. The third kappa shape index (κ3) is 3.81. The summed E-state index contributed by atoms with van der Waals surface area (Å²) >= 11 is 0. The van der Waals surface area contributed by atoms with Crippen LogP contribution < -0.4 is 4.74 Å². The maximum absolute atomic E-state index is 13.5. The van der Waals surface area contributed by atoms with E-state index in [1.54, 1.807) is 0 Å². The number of benzene rings is 1. The first-order valence-electron chi connectivity index (χ1n) is 5.29. The van der Waals surface area contributed by atoms with Crippen molar-refractivity contribution in [2.75, 3.05) is 6.61 Å². The third-order valence-corrected chi connectivity index (χ3v) is 3.57. The second-order valence-electron chi connectivity index (χ2n) is 4.16. The van der Waals surface area contributed by atoms with Crippen molar-refractivity contribution in [2.45, 2.75) is 25.2 Å². The highest BCUT2D eigenvalue weighted by Crippen LogP contribution is 2.27. The molecule has 0 saturated heterocycles. The molecule has 0 aliphatic carbocycles. The van der Waals surface area contributed by atoms with Gasteiger partial charge < -0.3 is 4.74 Å². The van der Waals surface area contributed by atoms with E-state index in [2.05, 4.69) is 0 Å². The van der Waals surface area contributed by atoms with Crippen molar-refractivity contribution in [3.8, 4) is 5.75 Å². The molecule has 0 aliphatic heterocycles. The minimum atomic E-state index is -4.31. The normalized spacial score (nSPS) is 11.9. The van der Waals surface area contributed by atoms with E-state index in [-0.39, 0.29) is 12.4 Å². The van der Waals surface area contributed by atoms with Crippen molar-refractivity contribution < 1.29 is 21.9 Å². The molecule has 0 fully saturated rings. The summed E-state index contributed by atoms with van der Waals surface area (Å²) in [6.07, 6.45) is 0.677. The Morgan fingerprint density at radius 3 is 2.39 bits per heavy atom. The Morgan fingerprint density at radius 1 is 1.28 bits per heavy atom. The maximum Gasteiger partial charge on any atom is 0.264 e. The molecule has 0 spiro atoms. The minimum absolute atomic E-state index is 0.223. The number of rotatable bonds is 5. The van der Waals surface area contributed by atoms with Crippen LogP contribution in [-0.4, -0.2) is 15.0 Å². The van der Waals surface area contributed by atoms with Gasteiger partial charge in [0.25, 0.3) is 9.05 Å². The monoisotopic (exact) mass is 298 g/mol. The maximum atomic E-state index is 13.5. The number of hydrogen-bond donors (Lipinski definition) is 0. The van der Waals surface area contributed by atoms with Gasteiger partial charge >= 0.3 is 0 Å². The van der Waals surface area contributed by atoms with Gasteiger partial charge in [0.1, 0.15) is 4.90 Å². The highest BCUT2D eigenvalue weighted by atomic mass is 35.7. The van der Waals surface area contributed by atoms with Gasteiger partial charge in [-0.15, -0.1) is 0 Å². The first-order valence-corrected chi connectivity index (χ1v) is 7.60. The van der Waals surface area contributed by atoms with Crippen LogP contribution in [0.1, 0.15) is 20.3 Å². The molecule has 1 rings (SSSR count). The lowest BCUT2D eigenvalue weighted by Gasteiger charge is -2.10. The highest BCUT2D eigenvalue weighted by molar-refractivity contribution is 8.13. The van der Waals surface area contributed by atoms with Gasteiger partial charge in [0.05, 0.1) is 6.61 Å². The van der Waals surface area contributed by atoms with Gasteiger partial charge in [0, 0.05) is 10.7 Å². The molecule has 0 amide bonds. The van der Waals surface area contributed by atoms with Crippen molar-refractivity contribution in [1.29, 1.82) is 0 Å². The molecule has 0 saturated carbocycles. The van der Waals surface area contributed by atoms with Gasteiger partial charge in [-0.3, -0.25) is 0 Å². The van der Waals surface area contributed by atoms with Crippen LogP contribution in [0.4, 0.5) is 8.78 Å². The van der Waals surface area contributed by atoms with Crippen LogP contribution in [0.3, 0.4) is 0 Å². The zero-order valence-electron chi connectivity index (χ0n) is 9.91. The lowest BCUT2D eigenvalue weighted by Crippen LogP contribution is -2.05. The predicted molar refractivity (Wildman–Crippen MR) is 64.3 cm³/mol. The van der Waals surface area contributed by atoms with E-state index in [1.165, 1.54) is 0 Å². The molecule has 0 aromatic heterocycles. The summed E-state index contributed by atoms with van der Waals surface area (Å²) in [5.74, 6) is -2.83. The van der Waals surface area contributed by atoms with Crippen LogP contribution in [0.25, 0.3) is 0 Å². The van der Waals surface area contributed by atoms with Crippen LogP contribution in [0.5, 0.6) is 5.75 Å². The second-order valence-corrected chi connectivity index (χ2v) is 6.69. The number of halogens is 3. The summed E-state index contributed by atoms with van der Waals surface area (Å²) in [6, 6.07) is 1.93. The summed E-state index contributed by atoms with van der Waals surface area (Å²) in [7, 11) is 0.654. The van der Waals surface area contributed by atoms with Crippen LogP contribution in [-0.2, 0) is 9.05 Å². The topological polar surface area (TPSA) is 43.4 Å². The van der Waals surface area contributed by atoms with E-state index in [0.717, 1.165) is 12.1 Å². The van der Waals surface area contributed by atoms with E-state index in [4.69, 9.17) is 15.4 Å². The zero-order chi connectivity index (χ0) is 13.9. The van der Waals surface area contributed by atoms with Gasteiger partial charge in [0.15, 0.2) is 11.6 Å². The van der Waals surface area contributed by atoms with E-state index in [1.807, 2.05) is 13.8 Å². The Bertz CT molecular complexity index is 529. The molecule has 0 bridgehead atoms. The predicted octanol–water partition coefficient (Wildman–Crippen LogP) is 3.32. The molecule has 7 heteroatoms. The molecule has 102 valence electrons. The van der Waals surface area contributed by atoms with E-state index in [9.17, 15) is 17.2 Å². The Kier molecular flexibility index (Phi) is 4.92. The first-order chi connectivity index (χ1) is 8.23. The molecule has 1 aromatic carbocycles. The van der Waals surface area contributed by atoms with E-state index < -0.39 is 25.6 Å². The molecule has 3 nitrogen and oxygen atoms in total. The van der Waals surface area contributed by atoms with Crippen molar-refractivity contribution >= 4 is 19.7 Å². The molecule has 0 unspecified atom stereocenters. The first kappa shape index (κ1) is 15.2. The molecule has 0 heterocycles. The van der Waals surface area contributed by atoms with Crippen LogP contribution in [0.15, 0.2) is 17.0 Å². The Hall–Kier alpha value is -0.880. The molecule has 1 aromatic rings. The molecular formula is C11H13ClF2O3S. The molecule has 0 radical (unpaired) electrons. The summed E-state index contributed by atoms with van der Waals surface area (Å²) in [6.45, 7) is 4.15. The van der Waals surface area contributed by atoms with Crippen molar-refractivity contribution in [3.05, 3.63) is 23.8 Å². The molecule has 0 atom stereocenters. The van der Waals surface area contributed by atoms with Gasteiger partial charge in [-0.2, -0.15) is 4.39 Å². The van der Waals surface area contributed by atoms with Crippen LogP contribution in [0.2, 0.25) is 0 Å². The average Bonchev–Trinajstić information content (AvgIpc) is 2.22. The highest BCUT2D eigenvalue weighted by Gasteiger charge is 2.22. The van der Waals surface area contributed by atoms with Crippen LogP contribution in [0, 0.1) is 17.6 Å². The second kappa shape index (κ2) is 5.84. The van der Waals surface area contributed by atoms with Gasteiger partial charge in [-0.05, 0) is 24.5 Å².